The first kappa shape index (κ1) is 21.6. The average Bonchev–Trinajstić information content (AvgIpc) is 2.54. The summed E-state index contributed by atoms with van der Waals surface area (Å²) in [4.78, 5) is 22.5. The maximum Gasteiger partial charge on any atom is 0.274 e. The van der Waals surface area contributed by atoms with Crippen molar-refractivity contribution >= 4 is 40.2 Å². The van der Waals surface area contributed by atoms with Gasteiger partial charge in [0, 0.05) is 19.1 Å². The smallest absolute Gasteiger partial charge is 0.274 e. The Kier molecular flexibility index (Phi) is 6.19. The van der Waals surface area contributed by atoms with Crippen molar-refractivity contribution in [2.24, 2.45) is 11.1 Å². The summed E-state index contributed by atoms with van der Waals surface area (Å²) < 4.78 is 30.7. The van der Waals surface area contributed by atoms with Gasteiger partial charge < -0.3 is 15.0 Å². The molecule has 2 aliphatic rings. The molecular formula is C15H25ClN6O4S. The zero-order chi connectivity index (χ0) is 19.1. The molecule has 0 aliphatic carbocycles. The van der Waals surface area contributed by atoms with Gasteiger partial charge in [-0.1, -0.05) is 0 Å². The minimum Gasteiger partial charge on any atom is -0.470 e. The molecule has 1 amide bonds. The molecule has 0 spiro atoms. The Labute approximate surface area is 164 Å². The summed E-state index contributed by atoms with van der Waals surface area (Å²) in [6.45, 7) is 6.56. The Hall–Kier alpha value is -1.69. The monoisotopic (exact) mass is 420 g/mol. The van der Waals surface area contributed by atoms with E-state index >= 15 is 0 Å². The summed E-state index contributed by atoms with van der Waals surface area (Å²) in [6.07, 6.45) is 2.95. The van der Waals surface area contributed by atoms with Crippen LogP contribution in [0.1, 0.15) is 33.6 Å². The minimum absolute atomic E-state index is 0. The number of ether oxygens (including phenoxy) is 1. The van der Waals surface area contributed by atoms with Gasteiger partial charge in [0.15, 0.2) is 17.2 Å². The van der Waals surface area contributed by atoms with Crippen molar-refractivity contribution in [1.82, 2.24) is 14.7 Å². The SMILES string of the molecule is CC(NS(N)(=O)=O)C1CCN(c2ncnc3c2OC(C)(C)C(=O)N3)CC1.Cl. The van der Waals surface area contributed by atoms with Crippen molar-refractivity contribution in [1.29, 1.82) is 0 Å². The Morgan fingerprint density at radius 3 is 2.59 bits per heavy atom. The lowest BCUT2D eigenvalue weighted by atomic mass is 9.91. The molecule has 3 rings (SSSR count). The second-order valence-electron chi connectivity index (χ2n) is 7.22. The van der Waals surface area contributed by atoms with Crippen LogP contribution in [0.15, 0.2) is 6.33 Å². The van der Waals surface area contributed by atoms with Gasteiger partial charge >= 0.3 is 0 Å². The summed E-state index contributed by atoms with van der Waals surface area (Å²) in [5.41, 5.74) is -1.00. The molecule has 1 aromatic rings. The van der Waals surface area contributed by atoms with Crippen LogP contribution in [0.2, 0.25) is 0 Å². The van der Waals surface area contributed by atoms with Crippen LogP contribution in [0.4, 0.5) is 11.6 Å². The average molecular weight is 421 g/mol. The summed E-state index contributed by atoms with van der Waals surface area (Å²) in [7, 11) is -3.71. The number of hydrogen-bond donors (Lipinski definition) is 3. The molecule has 1 saturated heterocycles. The van der Waals surface area contributed by atoms with Crippen molar-refractivity contribution < 1.29 is 17.9 Å². The van der Waals surface area contributed by atoms with Crippen molar-refractivity contribution in [2.75, 3.05) is 23.3 Å². The third-order valence-corrected chi connectivity index (χ3v) is 5.52. The first-order chi connectivity index (χ1) is 12.1. The fourth-order valence-electron chi connectivity index (χ4n) is 3.30. The van der Waals surface area contributed by atoms with Crippen LogP contribution in [0.3, 0.4) is 0 Å². The predicted molar refractivity (Wildman–Crippen MR) is 103 cm³/mol. The van der Waals surface area contributed by atoms with Crippen molar-refractivity contribution in [3.63, 3.8) is 0 Å². The molecule has 12 heteroatoms. The number of piperidine rings is 1. The van der Waals surface area contributed by atoms with Crippen LogP contribution in [0.25, 0.3) is 0 Å². The molecule has 0 aromatic carbocycles. The van der Waals surface area contributed by atoms with E-state index in [2.05, 4.69) is 24.9 Å². The molecule has 4 N–H and O–H groups in total. The second-order valence-corrected chi connectivity index (χ2v) is 8.54. The van der Waals surface area contributed by atoms with E-state index in [-0.39, 0.29) is 30.3 Å². The molecule has 3 heterocycles. The van der Waals surface area contributed by atoms with Crippen molar-refractivity contribution in [3.8, 4) is 5.75 Å². The number of nitrogens with two attached hydrogens (primary N) is 1. The fourth-order valence-corrected chi connectivity index (χ4v) is 4.01. The third kappa shape index (κ3) is 4.78. The van der Waals surface area contributed by atoms with E-state index in [9.17, 15) is 13.2 Å². The molecule has 1 aromatic heterocycles. The largest absolute Gasteiger partial charge is 0.470 e. The zero-order valence-electron chi connectivity index (χ0n) is 15.4. The van der Waals surface area contributed by atoms with Gasteiger partial charge in [-0.15, -0.1) is 12.4 Å². The van der Waals surface area contributed by atoms with Gasteiger partial charge in [0.2, 0.25) is 5.75 Å². The lowest BCUT2D eigenvalue weighted by Gasteiger charge is -2.38. The van der Waals surface area contributed by atoms with Crippen LogP contribution in [-0.4, -0.2) is 49.0 Å². The van der Waals surface area contributed by atoms with Gasteiger partial charge in [0.25, 0.3) is 16.1 Å². The summed E-state index contributed by atoms with van der Waals surface area (Å²) in [5.74, 6) is 1.39. The van der Waals surface area contributed by atoms with Crippen LogP contribution in [0.5, 0.6) is 5.75 Å². The third-order valence-electron chi connectivity index (χ3n) is 4.82. The fraction of sp³-hybridized carbons (Fsp3) is 0.667. The first-order valence-corrected chi connectivity index (χ1v) is 10.0. The van der Waals surface area contributed by atoms with E-state index in [0.29, 0.717) is 30.5 Å². The Balaban J connectivity index is 0.00000261. The Morgan fingerprint density at radius 2 is 2.00 bits per heavy atom. The van der Waals surface area contributed by atoms with E-state index in [0.717, 1.165) is 12.8 Å². The van der Waals surface area contributed by atoms with Gasteiger partial charge in [-0.3, -0.25) is 4.79 Å². The van der Waals surface area contributed by atoms with Gasteiger partial charge in [0.1, 0.15) is 6.33 Å². The maximum absolute atomic E-state index is 12.0. The maximum atomic E-state index is 12.0. The molecule has 2 aliphatic heterocycles. The summed E-state index contributed by atoms with van der Waals surface area (Å²) in [5, 5.41) is 7.81. The predicted octanol–water partition coefficient (Wildman–Crippen LogP) is 0.406. The number of nitrogens with zero attached hydrogens (tertiary/aromatic N) is 3. The lowest BCUT2D eigenvalue weighted by Crippen LogP contribution is -2.48. The highest BCUT2D eigenvalue weighted by molar-refractivity contribution is 7.87. The van der Waals surface area contributed by atoms with E-state index in [4.69, 9.17) is 9.88 Å². The molecule has 10 nitrogen and oxygen atoms in total. The number of hydrogen-bond acceptors (Lipinski definition) is 7. The normalized spacial score (nSPS) is 20.7. The summed E-state index contributed by atoms with van der Waals surface area (Å²) >= 11 is 0. The molecule has 0 radical (unpaired) electrons. The highest BCUT2D eigenvalue weighted by Crippen LogP contribution is 2.39. The molecule has 1 unspecified atom stereocenters. The lowest BCUT2D eigenvalue weighted by molar-refractivity contribution is -0.129. The van der Waals surface area contributed by atoms with Crippen LogP contribution >= 0.6 is 12.4 Å². The minimum atomic E-state index is -3.71. The van der Waals surface area contributed by atoms with Crippen molar-refractivity contribution in [2.45, 2.75) is 45.3 Å². The highest BCUT2D eigenvalue weighted by Gasteiger charge is 2.39. The highest BCUT2D eigenvalue weighted by atomic mass is 35.5. The van der Waals surface area contributed by atoms with E-state index in [1.165, 1.54) is 6.33 Å². The molecule has 1 atom stereocenters. The van der Waals surface area contributed by atoms with Crippen LogP contribution in [0, 0.1) is 5.92 Å². The van der Waals surface area contributed by atoms with E-state index in [1.54, 1.807) is 13.8 Å². The van der Waals surface area contributed by atoms with Crippen molar-refractivity contribution in [3.05, 3.63) is 6.33 Å². The Morgan fingerprint density at radius 1 is 1.37 bits per heavy atom. The number of amides is 1. The molecular weight excluding hydrogens is 396 g/mol. The topological polar surface area (TPSA) is 140 Å². The molecule has 1 fully saturated rings. The molecule has 0 saturated carbocycles. The number of halogens is 1. The number of carbonyl (C=O) groups excluding carboxylic acids is 1. The molecule has 152 valence electrons. The number of anilines is 2. The standard InChI is InChI=1S/C15H24N6O4S.ClH/c1-9(20-26(16,23)24)10-4-6-21(7-5-10)13-11-12(17-8-18-13)19-14(22)15(2,3)25-11;/h8-10,20H,4-7H2,1-3H3,(H2,16,23,24)(H,17,18,19,22);1H. The second kappa shape index (κ2) is 7.74. The molecule has 0 bridgehead atoms. The molecule has 27 heavy (non-hydrogen) atoms. The quantitative estimate of drug-likeness (QED) is 0.640. The van der Waals surface area contributed by atoms with Gasteiger partial charge in [-0.25, -0.2) is 15.1 Å². The van der Waals surface area contributed by atoms with E-state index in [1.807, 2.05) is 6.92 Å². The van der Waals surface area contributed by atoms with Crippen LogP contribution in [-0.2, 0) is 15.0 Å². The van der Waals surface area contributed by atoms with Gasteiger partial charge in [-0.05, 0) is 39.5 Å². The zero-order valence-corrected chi connectivity index (χ0v) is 17.1. The van der Waals surface area contributed by atoms with E-state index < -0.39 is 15.8 Å². The number of aromatic nitrogens is 2. The van der Waals surface area contributed by atoms with Gasteiger partial charge in [-0.2, -0.15) is 13.1 Å². The van der Waals surface area contributed by atoms with Gasteiger partial charge in [0.05, 0.1) is 0 Å². The Bertz CT molecular complexity index is 811. The number of rotatable bonds is 4. The van der Waals surface area contributed by atoms with Crippen LogP contribution < -0.4 is 24.8 Å². The summed E-state index contributed by atoms with van der Waals surface area (Å²) in [6, 6.07) is -0.235. The number of fused-ring (bicyclic) bond motifs is 1. The number of nitrogens with one attached hydrogen (secondary N) is 2. The number of carbonyl (C=O) groups is 1. The first-order valence-electron chi connectivity index (χ1n) is 8.47.